The summed E-state index contributed by atoms with van der Waals surface area (Å²) in [6.45, 7) is 3.75. The Hall–Kier alpha value is -1.31. The van der Waals surface area contributed by atoms with Crippen molar-refractivity contribution < 1.29 is 9.53 Å². The molecule has 0 spiro atoms. The Morgan fingerprint density at radius 3 is 2.89 bits per heavy atom. The highest BCUT2D eigenvalue weighted by Crippen LogP contribution is 2.57. The Kier molecular flexibility index (Phi) is 2.69. The summed E-state index contributed by atoms with van der Waals surface area (Å²) in [7, 11) is 0. The van der Waals surface area contributed by atoms with E-state index in [-0.39, 0.29) is 5.97 Å². The molecule has 1 fully saturated rings. The summed E-state index contributed by atoms with van der Waals surface area (Å²) < 4.78 is 5.24. The smallest absolute Gasteiger partial charge is 0.308 e. The van der Waals surface area contributed by atoms with Crippen molar-refractivity contribution in [1.29, 1.82) is 0 Å². The zero-order valence-corrected chi connectivity index (χ0v) is 11.2. The molecule has 1 aromatic rings. The van der Waals surface area contributed by atoms with Gasteiger partial charge in [-0.25, -0.2) is 0 Å². The lowest BCUT2D eigenvalue weighted by Crippen LogP contribution is -2.47. The molecular formula is C16H20O2. The molecule has 2 nitrogen and oxygen atoms in total. The highest BCUT2D eigenvalue weighted by Gasteiger charge is 2.49. The molecule has 2 atom stereocenters. The van der Waals surface area contributed by atoms with Gasteiger partial charge in [0.1, 0.15) is 5.75 Å². The zero-order valence-electron chi connectivity index (χ0n) is 11.2. The molecule has 0 N–H and O–H groups in total. The van der Waals surface area contributed by atoms with Crippen LogP contribution in [0.15, 0.2) is 18.2 Å². The van der Waals surface area contributed by atoms with Gasteiger partial charge < -0.3 is 4.74 Å². The first-order chi connectivity index (χ1) is 8.65. The third kappa shape index (κ3) is 1.58. The second-order valence-electron chi connectivity index (χ2n) is 5.70. The molecule has 0 aliphatic heterocycles. The molecule has 1 aromatic carbocycles. The summed E-state index contributed by atoms with van der Waals surface area (Å²) in [6, 6.07) is 6.20. The molecule has 0 bridgehead atoms. The average Bonchev–Trinajstić information content (AvgIpc) is 2.30. The van der Waals surface area contributed by atoms with Crippen LogP contribution in [0.1, 0.15) is 50.7 Å². The Bertz CT molecular complexity index is 488. The largest absolute Gasteiger partial charge is 0.427 e. The molecular weight excluding hydrogens is 224 g/mol. The molecule has 18 heavy (non-hydrogen) atoms. The van der Waals surface area contributed by atoms with Crippen molar-refractivity contribution in [2.24, 2.45) is 5.92 Å². The predicted molar refractivity (Wildman–Crippen MR) is 70.8 cm³/mol. The van der Waals surface area contributed by atoms with Gasteiger partial charge in [0, 0.05) is 6.92 Å². The van der Waals surface area contributed by atoms with Gasteiger partial charge in [-0.15, -0.1) is 0 Å². The lowest BCUT2D eigenvalue weighted by molar-refractivity contribution is -0.131. The number of ether oxygens (including phenoxy) is 1. The Balaban J connectivity index is 2.02. The molecule has 0 amide bonds. The fourth-order valence-electron chi connectivity index (χ4n) is 3.92. The normalized spacial score (nSPS) is 28.9. The van der Waals surface area contributed by atoms with Crippen LogP contribution in [0.25, 0.3) is 0 Å². The van der Waals surface area contributed by atoms with Gasteiger partial charge >= 0.3 is 5.97 Å². The molecule has 0 radical (unpaired) electrons. The summed E-state index contributed by atoms with van der Waals surface area (Å²) in [5.41, 5.74) is 3.29. The van der Waals surface area contributed by atoms with Gasteiger partial charge in [0.05, 0.1) is 0 Å². The van der Waals surface area contributed by atoms with Gasteiger partial charge in [0.2, 0.25) is 0 Å². The number of esters is 1. The number of hydrogen-bond donors (Lipinski definition) is 0. The second-order valence-corrected chi connectivity index (χ2v) is 5.70. The molecule has 96 valence electrons. The lowest BCUT2D eigenvalue weighted by Gasteiger charge is -2.53. The van der Waals surface area contributed by atoms with Crippen molar-refractivity contribution in [2.75, 3.05) is 0 Å². The van der Waals surface area contributed by atoms with Gasteiger partial charge in [-0.05, 0) is 66.7 Å². The van der Waals surface area contributed by atoms with Gasteiger partial charge in [-0.2, -0.15) is 0 Å². The van der Waals surface area contributed by atoms with Crippen molar-refractivity contribution in [3.63, 3.8) is 0 Å². The third-order valence-electron chi connectivity index (χ3n) is 4.99. The van der Waals surface area contributed by atoms with Crippen molar-refractivity contribution in [3.05, 3.63) is 29.3 Å². The maximum Gasteiger partial charge on any atom is 0.308 e. The highest BCUT2D eigenvalue weighted by molar-refractivity contribution is 5.69. The SMILES string of the molecule is CC[C@]12CCC1CCc1ccc(OC(C)=O)cc12. The molecule has 0 saturated heterocycles. The monoisotopic (exact) mass is 244 g/mol. The summed E-state index contributed by atoms with van der Waals surface area (Å²) in [6.07, 6.45) is 6.37. The fraction of sp³-hybridized carbons (Fsp3) is 0.562. The van der Waals surface area contributed by atoms with E-state index in [4.69, 9.17) is 4.74 Å². The third-order valence-corrected chi connectivity index (χ3v) is 4.99. The fourth-order valence-corrected chi connectivity index (χ4v) is 3.92. The quantitative estimate of drug-likeness (QED) is 0.586. The Labute approximate surface area is 108 Å². The number of aryl methyl sites for hydroxylation is 1. The van der Waals surface area contributed by atoms with Crippen LogP contribution in [-0.4, -0.2) is 5.97 Å². The van der Waals surface area contributed by atoms with E-state index in [9.17, 15) is 4.79 Å². The van der Waals surface area contributed by atoms with Crippen LogP contribution in [0.5, 0.6) is 5.75 Å². The number of hydrogen-bond acceptors (Lipinski definition) is 2. The van der Waals surface area contributed by atoms with Crippen LogP contribution in [0, 0.1) is 5.92 Å². The first-order valence-electron chi connectivity index (χ1n) is 6.97. The molecule has 3 rings (SSSR count). The molecule has 0 aromatic heterocycles. The number of fused-ring (bicyclic) bond motifs is 3. The van der Waals surface area contributed by atoms with E-state index in [1.807, 2.05) is 6.07 Å². The van der Waals surface area contributed by atoms with Gasteiger partial charge in [-0.3, -0.25) is 4.79 Å². The predicted octanol–water partition coefficient (Wildman–Crippen LogP) is 3.62. The average molecular weight is 244 g/mol. The lowest BCUT2D eigenvalue weighted by atomic mass is 9.51. The van der Waals surface area contributed by atoms with E-state index >= 15 is 0 Å². The van der Waals surface area contributed by atoms with Crippen LogP contribution < -0.4 is 4.74 Å². The first kappa shape index (κ1) is 11.8. The van der Waals surface area contributed by atoms with E-state index in [0.29, 0.717) is 11.2 Å². The van der Waals surface area contributed by atoms with Crippen LogP contribution in [0.3, 0.4) is 0 Å². The van der Waals surface area contributed by atoms with Crippen molar-refractivity contribution in [1.82, 2.24) is 0 Å². The van der Waals surface area contributed by atoms with E-state index in [2.05, 4.69) is 19.1 Å². The summed E-state index contributed by atoms with van der Waals surface area (Å²) in [5, 5.41) is 0. The number of benzene rings is 1. The zero-order chi connectivity index (χ0) is 12.8. The van der Waals surface area contributed by atoms with Crippen LogP contribution >= 0.6 is 0 Å². The molecule has 1 saturated carbocycles. The van der Waals surface area contributed by atoms with Crippen molar-refractivity contribution in [3.8, 4) is 5.75 Å². The first-order valence-corrected chi connectivity index (χ1v) is 6.97. The number of carbonyl (C=O) groups excluding carboxylic acids is 1. The van der Waals surface area contributed by atoms with Crippen LogP contribution in [-0.2, 0) is 16.6 Å². The van der Waals surface area contributed by atoms with E-state index < -0.39 is 0 Å². The maximum atomic E-state index is 11.1. The summed E-state index contributed by atoms with van der Waals surface area (Å²) >= 11 is 0. The van der Waals surface area contributed by atoms with Gasteiger partial charge in [-0.1, -0.05) is 13.0 Å². The molecule has 2 aliphatic rings. The Morgan fingerprint density at radius 2 is 2.28 bits per heavy atom. The minimum Gasteiger partial charge on any atom is -0.427 e. The van der Waals surface area contributed by atoms with Crippen molar-refractivity contribution >= 4 is 5.97 Å². The minimum atomic E-state index is -0.235. The number of rotatable bonds is 2. The van der Waals surface area contributed by atoms with Crippen molar-refractivity contribution in [2.45, 2.75) is 51.4 Å². The number of carbonyl (C=O) groups is 1. The van der Waals surface area contributed by atoms with E-state index in [0.717, 1.165) is 5.92 Å². The highest BCUT2D eigenvalue weighted by atomic mass is 16.5. The van der Waals surface area contributed by atoms with Gasteiger partial charge in [0.15, 0.2) is 0 Å². The minimum absolute atomic E-state index is 0.235. The van der Waals surface area contributed by atoms with E-state index in [1.54, 1.807) is 0 Å². The van der Waals surface area contributed by atoms with Crippen LogP contribution in [0.4, 0.5) is 0 Å². The summed E-state index contributed by atoms with van der Waals surface area (Å²) in [4.78, 5) is 11.1. The molecule has 0 heterocycles. The molecule has 2 heteroatoms. The van der Waals surface area contributed by atoms with Crippen LogP contribution in [0.2, 0.25) is 0 Å². The molecule has 1 unspecified atom stereocenters. The Morgan fingerprint density at radius 1 is 1.44 bits per heavy atom. The van der Waals surface area contributed by atoms with Gasteiger partial charge in [0.25, 0.3) is 0 Å². The standard InChI is InChI=1S/C16H20O2/c1-3-16-9-8-13(16)6-4-12-5-7-14(10-15(12)16)18-11(2)17/h5,7,10,13H,3-4,6,8-9H2,1-2H3/t13?,16-/m0/s1. The molecule has 2 aliphatic carbocycles. The topological polar surface area (TPSA) is 26.3 Å². The van der Waals surface area contributed by atoms with E-state index in [1.165, 1.54) is 50.2 Å². The second kappa shape index (κ2) is 4.11. The summed E-state index contributed by atoms with van der Waals surface area (Å²) in [5.74, 6) is 1.32. The maximum absolute atomic E-state index is 11.1.